The number of aromatic nitrogens is 2. The number of rotatable bonds is 7. The molecule has 3 rings (SSSR count). The average Bonchev–Trinajstić information content (AvgIpc) is 2.75. The lowest BCUT2D eigenvalue weighted by Gasteiger charge is -2.11. The van der Waals surface area contributed by atoms with Gasteiger partial charge in [0.05, 0.1) is 12.7 Å². The first kappa shape index (κ1) is 22.1. The molecule has 1 heterocycles. The maximum absolute atomic E-state index is 12.7. The van der Waals surface area contributed by atoms with Crippen LogP contribution in [0.5, 0.6) is 11.6 Å². The number of amides is 1. The van der Waals surface area contributed by atoms with E-state index >= 15 is 0 Å². The van der Waals surface area contributed by atoms with Gasteiger partial charge in [-0.1, -0.05) is 30.3 Å². The second kappa shape index (κ2) is 9.46. The number of nitrogens with one attached hydrogen (secondary N) is 1. The lowest BCUT2D eigenvalue weighted by atomic mass is 10.1. The minimum Gasteiger partial charge on any atom is -0.496 e. The van der Waals surface area contributed by atoms with Crippen LogP contribution in [0.2, 0.25) is 0 Å². The van der Waals surface area contributed by atoms with E-state index in [-0.39, 0.29) is 30.8 Å². The van der Waals surface area contributed by atoms with Crippen molar-refractivity contribution in [3.8, 4) is 23.0 Å². The van der Waals surface area contributed by atoms with Crippen molar-refractivity contribution in [3.05, 3.63) is 71.4 Å². The summed E-state index contributed by atoms with van der Waals surface area (Å²) in [5, 5.41) is 2.73. The van der Waals surface area contributed by atoms with E-state index in [9.17, 15) is 18.0 Å². The third kappa shape index (κ3) is 5.94. The smallest absolute Gasteiger partial charge is 0.416 e. The van der Waals surface area contributed by atoms with E-state index in [1.807, 2.05) is 18.2 Å². The number of nitrogens with zero attached hydrogens (tertiary/aromatic N) is 2. The molecule has 31 heavy (non-hydrogen) atoms. The molecule has 0 fully saturated rings. The Labute approximate surface area is 177 Å². The van der Waals surface area contributed by atoms with Crippen LogP contribution in [-0.4, -0.2) is 29.6 Å². The first-order chi connectivity index (χ1) is 14.8. The van der Waals surface area contributed by atoms with Crippen molar-refractivity contribution in [1.29, 1.82) is 0 Å². The maximum atomic E-state index is 12.7. The highest BCUT2D eigenvalue weighted by Gasteiger charge is 2.30. The number of ether oxygens (including phenoxy) is 2. The Balaban J connectivity index is 1.63. The molecule has 9 heteroatoms. The number of carbonyl (C=O) groups is 1. The number of methoxy groups -OCH3 is 1. The Bertz CT molecular complexity index is 1050. The summed E-state index contributed by atoms with van der Waals surface area (Å²) in [6.07, 6.45) is -4.42. The van der Waals surface area contributed by atoms with Gasteiger partial charge in [0, 0.05) is 29.4 Å². The average molecular weight is 431 g/mol. The lowest BCUT2D eigenvalue weighted by molar-refractivity contribution is -0.137. The molecule has 1 amide bonds. The van der Waals surface area contributed by atoms with Gasteiger partial charge in [0.1, 0.15) is 5.75 Å². The standard InChI is InChI=1S/C22H20F3N3O3/c1-14-11-20(28-21(27-14)15-7-9-17(10-8-15)22(23,24)25)31-13-19(29)26-12-16-5-3-4-6-18(16)30-2/h3-11H,12-13H2,1-2H3,(H,26,29). The Morgan fingerprint density at radius 1 is 1.06 bits per heavy atom. The Kier molecular flexibility index (Phi) is 6.74. The number of alkyl halides is 3. The van der Waals surface area contributed by atoms with Gasteiger partial charge >= 0.3 is 6.18 Å². The van der Waals surface area contributed by atoms with Gasteiger partial charge in [-0.05, 0) is 25.1 Å². The summed E-state index contributed by atoms with van der Waals surface area (Å²) in [6, 6.07) is 13.4. The Morgan fingerprint density at radius 3 is 2.45 bits per heavy atom. The van der Waals surface area contributed by atoms with Gasteiger partial charge in [-0.25, -0.2) is 4.98 Å². The second-order valence-electron chi connectivity index (χ2n) is 6.62. The molecule has 162 valence electrons. The fraction of sp³-hybridized carbons (Fsp3) is 0.227. The Morgan fingerprint density at radius 2 is 1.77 bits per heavy atom. The molecule has 0 saturated carbocycles. The van der Waals surface area contributed by atoms with Gasteiger partial charge in [-0.3, -0.25) is 4.79 Å². The molecule has 0 aliphatic heterocycles. The molecule has 0 radical (unpaired) electrons. The molecule has 0 aliphatic rings. The van der Waals surface area contributed by atoms with Crippen LogP contribution in [0, 0.1) is 6.92 Å². The molecule has 1 N–H and O–H groups in total. The fourth-order valence-electron chi connectivity index (χ4n) is 2.78. The van der Waals surface area contributed by atoms with Crippen LogP contribution in [0.4, 0.5) is 13.2 Å². The maximum Gasteiger partial charge on any atom is 0.416 e. The SMILES string of the molecule is COc1ccccc1CNC(=O)COc1cc(C)nc(-c2ccc(C(F)(F)F)cc2)n1. The van der Waals surface area contributed by atoms with E-state index in [1.54, 1.807) is 26.2 Å². The molecule has 0 unspecified atom stereocenters. The van der Waals surface area contributed by atoms with Crippen LogP contribution >= 0.6 is 0 Å². The van der Waals surface area contributed by atoms with Crippen molar-refractivity contribution in [1.82, 2.24) is 15.3 Å². The first-order valence-electron chi connectivity index (χ1n) is 9.31. The van der Waals surface area contributed by atoms with Gasteiger partial charge in [-0.2, -0.15) is 18.2 Å². The summed E-state index contributed by atoms with van der Waals surface area (Å²) in [7, 11) is 1.55. The zero-order valence-corrected chi connectivity index (χ0v) is 16.9. The van der Waals surface area contributed by atoms with E-state index in [0.717, 1.165) is 17.7 Å². The van der Waals surface area contributed by atoms with Gasteiger partial charge in [0.25, 0.3) is 5.91 Å². The van der Waals surface area contributed by atoms with E-state index in [4.69, 9.17) is 9.47 Å². The number of benzene rings is 2. The number of carbonyl (C=O) groups excluding carboxylic acids is 1. The third-order valence-electron chi connectivity index (χ3n) is 4.32. The molecule has 2 aromatic carbocycles. The number of aryl methyl sites for hydroxylation is 1. The van der Waals surface area contributed by atoms with Crippen molar-refractivity contribution in [2.45, 2.75) is 19.6 Å². The number of hydrogen-bond acceptors (Lipinski definition) is 5. The van der Waals surface area contributed by atoms with Crippen LogP contribution in [-0.2, 0) is 17.5 Å². The van der Waals surface area contributed by atoms with Gasteiger partial charge < -0.3 is 14.8 Å². The predicted molar refractivity (Wildman–Crippen MR) is 108 cm³/mol. The number of halogens is 3. The normalized spacial score (nSPS) is 11.1. The second-order valence-corrected chi connectivity index (χ2v) is 6.62. The lowest BCUT2D eigenvalue weighted by Crippen LogP contribution is -2.28. The molecule has 0 bridgehead atoms. The summed E-state index contributed by atoms with van der Waals surface area (Å²) in [4.78, 5) is 20.6. The zero-order chi connectivity index (χ0) is 22.4. The van der Waals surface area contributed by atoms with Crippen molar-refractivity contribution >= 4 is 5.91 Å². The van der Waals surface area contributed by atoms with Crippen LogP contribution in [0.3, 0.4) is 0 Å². The topological polar surface area (TPSA) is 73.3 Å². The minimum absolute atomic E-state index is 0.148. The summed E-state index contributed by atoms with van der Waals surface area (Å²) >= 11 is 0. The van der Waals surface area contributed by atoms with Crippen LogP contribution in [0.15, 0.2) is 54.6 Å². The molecule has 0 spiro atoms. The van der Waals surface area contributed by atoms with Gasteiger partial charge in [0.15, 0.2) is 12.4 Å². The van der Waals surface area contributed by atoms with Gasteiger partial charge in [-0.15, -0.1) is 0 Å². The molecule has 3 aromatic rings. The number of para-hydroxylation sites is 1. The first-order valence-corrected chi connectivity index (χ1v) is 9.31. The predicted octanol–water partition coefficient (Wildman–Crippen LogP) is 4.17. The quantitative estimate of drug-likeness (QED) is 0.608. The monoisotopic (exact) mass is 431 g/mol. The summed E-state index contributed by atoms with van der Waals surface area (Å²) in [6.45, 7) is 1.69. The zero-order valence-electron chi connectivity index (χ0n) is 16.9. The van der Waals surface area contributed by atoms with Crippen molar-refractivity contribution < 1.29 is 27.4 Å². The fourth-order valence-corrected chi connectivity index (χ4v) is 2.78. The highest BCUT2D eigenvalue weighted by molar-refractivity contribution is 5.77. The van der Waals surface area contributed by atoms with E-state index < -0.39 is 11.7 Å². The van der Waals surface area contributed by atoms with Crippen molar-refractivity contribution in [2.24, 2.45) is 0 Å². The highest BCUT2D eigenvalue weighted by atomic mass is 19.4. The molecule has 1 aromatic heterocycles. The van der Waals surface area contributed by atoms with Crippen LogP contribution in [0.1, 0.15) is 16.8 Å². The van der Waals surface area contributed by atoms with Crippen LogP contribution < -0.4 is 14.8 Å². The molecular formula is C22H20F3N3O3. The van der Waals surface area contributed by atoms with E-state index in [1.165, 1.54) is 12.1 Å². The van der Waals surface area contributed by atoms with Gasteiger partial charge in [0.2, 0.25) is 5.88 Å². The highest BCUT2D eigenvalue weighted by Crippen LogP contribution is 2.30. The van der Waals surface area contributed by atoms with Crippen LogP contribution in [0.25, 0.3) is 11.4 Å². The summed E-state index contributed by atoms with van der Waals surface area (Å²) in [5.41, 5.74) is 1.02. The largest absolute Gasteiger partial charge is 0.496 e. The third-order valence-corrected chi connectivity index (χ3v) is 4.32. The van der Waals surface area contributed by atoms with Crippen molar-refractivity contribution in [2.75, 3.05) is 13.7 Å². The Hall–Kier alpha value is -3.62. The van der Waals surface area contributed by atoms with Crippen molar-refractivity contribution in [3.63, 3.8) is 0 Å². The molecule has 0 atom stereocenters. The van der Waals surface area contributed by atoms with E-state index in [2.05, 4.69) is 15.3 Å². The molecule has 0 saturated heterocycles. The van der Waals surface area contributed by atoms with E-state index in [0.29, 0.717) is 17.0 Å². The minimum atomic E-state index is -4.42. The summed E-state index contributed by atoms with van der Waals surface area (Å²) < 4.78 is 48.9. The molecule has 6 nitrogen and oxygen atoms in total. The molecule has 0 aliphatic carbocycles. The molecular weight excluding hydrogens is 411 g/mol. The number of hydrogen-bond donors (Lipinski definition) is 1. The summed E-state index contributed by atoms with van der Waals surface area (Å²) in [5.74, 6) is 0.655.